The molecule has 21 heavy (non-hydrogen) atoms. The molecule has 2 aromatic heterocycles. The van der Waals surface area contributed by atoms with E-state index in [0.29, 0.717) is 6.61 Å². The summed E-state index contributed by atoms with van der Waals surface area (Å²) < 4.78 is 21.5. The Morgan fingerprint density at radius 3 is 2.57 bits per heavy atom. The van der Waals surface area contributed by atoms with E-state index in [1.54, 1.807) is 6.92 Å². The molecule has 0 saturated heterocycles. The number of nitrogens with one attached hydrogen (secondary N) is 2. The van der Waals surface area contributed by atoms with Gasteiger partial charge in [0.05, 0.1) is 26.0 Å². The van der Waals surface area contributed by atoms with Crippen molar-refractivity contribution in [2.45, 2.75) is 6.92 Å². The maximum atomic E-state index is 12.2. The average molecular weight is 300 g/mol. The highest BCUT2D eigenvalue weighted by molar-refractivity contribution is 5.09. The first-order chi connectivity index (χ1) is 9.96. The van der Waals surface area contributed by atoms with Crippen LogP contribution in [0, 0.1) is 5.82 Å². The lowest BCUT2D eigenvalue weighted by Gasteiger charge is -1.99. The van der Waals surface area contributed by atoms with Crippen LogP contribution in [0.1, 0.15) is 6.92 Å². The number of halogens is 1. The molecule has 0 bridgehead atoms. The Kier molecular flexibility index (Phi) is 5.86. The Balaban J connectivity index is 0.000000211. The van der Waals surface area contributed by atoms with Crippen LogP contribution in [0.2, 0.25) is 0 Å². The van der Waals surface area contributed by atoms with E-state index in [9.17, 15) is 14.0 Å². The molecule has 10 heteroatoms. The van der Waals surface area contributed by atoms with Gasteiger partial charge in [0.1, 0.15) is 0 Å². The first-order valence-corrected chi connectivity index (χ1v) is 5.68. The van der Waals surface area contributed by atoms with Crippen LogP contribution >= 0.6 is 0 Å². The predicted molar refractivity (Wildman–Crippen MR) is 69.1 cm³/mol. The summed E-state index contributed by atoms with van der Waals surface area (Å²) in [6.07, 6.45) is 0.803. The number of rotatable bonds is 3. The molecule has 9 nitrogen and oxygen atoms in total. The minimum atomic E-state index is -0.916. The van der Waals surface area contributed by atoms with Crippen molar-refractivity contribution >= 4 is 0 Å². The van der Waals surface area contributed by atoms with E-state index in [0.717, 1.165) is 12.3 Å². The third-order valence-corrected chi connectivity index (χ3v) is 1.91. The first-order valence-electron chi connectivity index (χ1n) is 5.68. The molecule has 0 radical (unpaired) electrons. The standard InChI is InChI=1S/C6H8N2O3.C5H5FN2O2/c1-2-11-6-7-4(9)3-5(10)8-6;1-10-5-7-2-3(6)4(9)8-5/h3H,2H2,1H3,(H2,7,8,9,10);2H,1H3,(H,7,8,9). The average Bonchev–Trinajstić information content (AvgIpc) is 2.42. The van der Waals surface area contributed by atoms with E-state index >= 15 is 0 Å². The van der Waals surface area contributed by atoms with Gasteiger partial charge in [-0.15, -0.1) is 0 Å². The van der Waals surface area contributed by atoms with Crippen LogP contribution in [0.3, 0.4) is 0 Å². The molecule has 0 fully saturated rings. The summed E-state index contributed by atoms with van der Waals surface area (Å²) in [4.78, 5) is 32.4. The van der Waals surface area contributed by atoms with E-state index in [4.69, 9.17) is 9.84 Å². The van der Waals surface area contributed by atoms with Gasteiger partial charge in [-0.05, 0) is 6.92 Å². The maximum absolute atomic E-state index is 12.2. The topological polar surface area (TPSA) is 130 Å². The molecule has 3 N–H and O–H groups in total. The van der Waals surface area contributed by atoms with Crippen molar-refractivity contribution in [3.8, 4) is 17.9 Å². The molecule has 0 unspecified atom stereocenters. The van der Waals surface area contributed by atoms with E-state index in [1.807, 2.05) is 0 Å². The number of methoxy groups -OCH3 is 1. The lowest BCUT2D eigenvalue weighted by Crippen LogP contribution is -2.12. The minimum Gasteiger partial charge on any atom is -0.493 e. The monoisotopic (exact) mass is 300 g/mol. The lowest BCUT2D eigenvalue weighted by atomic mass is 10.6. The minimum absolute atomic E-state index is 0.00593. The summed E-state index contributed by atoms with van der Waals surface area (Å²) >= 11 is 0. The van der Waals surface area contributed by atoms with E-state index < -0.39 is 16.9 Å². The van der Waals surface area contributed by atoms with Crippen LogP contribution in [0.4, 0.5) is 4.39 Å². The van der Waals surface area contributed by atoms with Crippen molar-refractivity contribution in [2.75, 3.05) is 13.7 Å². The maximum Gasteiger partial charge on any atom is 0.299 e. The van der Waals surface area contributed by atoms with Crippen LogP contribution in [-0.2, 0) is 0 Å². The van der Waals surface area contributed by atoms with Crippen LogP contribution in [0.5, 0.6) is 17.9 Å². The number of aromatic amines is 2. The van der Waals surface area contributed by atoms with Gasteiger partial charge in [-0.25, -0.2) is 4.98 Å². The first kappa shape index (κ1) is 16.1. The second kappa shape index (κ2) is 7.62. The second-order valence-electron chi connectivity index (χ2n) is 3.41. The van der Waals surface area contributed by atoms with Gasteiger partial charge in [0.2, 0.25) is 11.7 Å². The summed E-state index contributed by atoms with van der Waals surface area (Å²) in [5.41, 5.74) is -1.26. The Morgan fingerprint density at radius 2 is 2.05 bits per heavy atom. The molecule has 2 aromatic rings. The molecule has 0 atom stereocenters. The summed E-state index contributed by atoms with van der Waals surface area (Å²) in [6, 6.07) is 1.02. The third kappa shape index (κ3) is 5.30. The van der Waals surface area contributed by atoms with Gasteiger partial charge < -0.3 is 14.6 Å². The fourth-order valence-electron chi connectivity index (χ4n) is 1.09. The van der Waals surface area contributed by atoms with Crippen LogP contribution in [0.25, 0.3) is 0 Å². The normalized spacial score (nSPS) is 9.48. The fraction of sp³-hybridized carbons (Fsp3) is 0.273. The lowest BCUT2D eigenvalue weighted by molar-refractivity contribution is 0.304. The predicted octanol–water partition coefficient (Wildman–Crippen LogP) is -0.208. The quantitative estimate of drug-likeness (QED) is 0.715. The molecule has 2 heterocycles. The zero-order chi connectivity index (χ0) is 15.8. The highest BCUT2D eigenvalue weighted by atomic mass is 19.1. The molecule has 0 saturated carbocycles. The summed E-state index contributed by atoms with van der Waals surface area (Å²) in [5.74, 6) is -1.25. The summed E-state index contributed by atoms with van der Waals surface area (Å²) in [5, 5.41) is 8.81. The second-order valence-corrected chi connectivity index (χ2v) is 3.41. The van der Waals surface area contributed by atoms with Gasteiger partial charge in [0.15, 0.2) is 0 Å². The van der Waals surface area contributed by atoms with Crippen LogP contribution in [-0.4, -0.2) is 38.8 Å². The zero-order valence-electron chi connectivity index (χ0n) is 11.2. The van der Waals surface area contributed by atoms with E-state index in [-0.39, 0.29) is 17.9 Å². The molecule has 0 spiro atoms. The van der Waals surface area contributed by atoms with Crippen molar-refractivity contribution in [2.24, 2.45) is 0 Å². The third-order valence-electron chi connectivity index (χ3n) is 1.91. The fourth-order valence-corrected chi connectivity index (χ4v) is 1.09. The van der Waals surface area contributed by atoms with E-state index in [2.05, 4.69) is 24.7 Å². The van der Waals surface area contributed by atoms with Gasteiger partial charge in [-0.3, -0.25) is 19.6 Å². The van der Waals surface area contributed by atoms with Crippen LogP contribution < -0.4 is 20.6 Å². The molecule has 2 rings (SSSR count). The highest BCUT2D eigenvalue weighted by Crippen LogP contribution is 2.03. The van der Waals surface area contributed by atoms with Crippen LogP contribution in [0.15, 0.2) is 21.9 Å². The summed E-state index contributed by atoms with van der Waals surface area (Å²) in [7, 11) is 1.33. The molecule has 0 aliphatic rings. The van der Waals surface area contributed by atoms with Gasteiger partial charge in [0, 0.05) is 0 Å². The van der Waals surface area contributed by atoms with Gasteiger partial charge in [-0.1, -0.05) is 0 Å². The number of hydrogen-bond donors (Lipinski definition) is 3. The smallest absolute Gasteiger partial charge is 0.299 e. The Morgan fingerprint density at radius 1 is 1.33 bits per heavy atom. The number of ether oxygens (including phenoxy) is 2. The highest BCUT2D eigenvalue weighted by Gasteiger charge is 1.99. The molecular formula is C11H13FN4O5. The Bertz CT molecular complexity index is 699. The molecular weight excluding hydrogens is 287 g/mol. The molecule has 114 valence electrons. The Hall–Kier alpha value is -2.91. The van der Waals surface area contributed by atoms with Crippen molar-refractivity contribution in [3.05, 3.63) is 38.8 Å². The molecule has 0 aliphatic carbocycles. The van der Waals surface area contributed by atoms with Crippen molar-refractivity contribution < 1.29 is 19.0 Å². The van der Waals surface area contributed by atoms with Crippen molar-refractivity contribution in [1.82, 2.24) is 19.9 Å². The van der Waals surface area contributed by atoms with Crippen molar-refractivity contribution in [1.29, 1.82) is 0 Å². The van der Waals surface area contributed by atoms with Crippen molar-refractivity contribution in [3.63, 3.8) is 0 Å². The number of hydrogen-bond acceptors (Lipinski definition) is 7. The number of aromatic hydroxyl groups is 1. The molecule has 0 aliphatic heterocycles. The van der Waals surface area contributed by atoms with Gasteiger partial charge in [0.25, 0.3) is 23.1 Å². The number of aromatic nitrogens is 4. The largest absolute Gasteiger partial charge is 0.493 e. The van der Waals surface area contributed by atoms with Gasteiger partial charge in [-0.2, -0.15) is 9.37 Å². The molecule has 0 amide bonds. The number of nitrogens with zero attached hydrogens (tertiary/aromatic N) is 2. The number of H-pyrrole nitrogens is 2. The summed E-state index contributed by atoms with van der Waals surface area (Å²) in [6.45, 7) is 2.15. The van der Waals surface area contributed by atoms with E-state index in [1.165, 1.54) is 7.11 Å². The Labute approximate surface area is 117 Å². The molecule has 0 aromatic carbocycles. The SMILES string of the molecule is CCOc1nc(O)cc(=O)[nH]1.COc1ncc(F)c(=O)[nH]1. The van der Waals surface area contributed by atoms with Gasteiger partial charge >= 0.3 is 0 Å². The zero-order valence-corrected chi connectivity index (χ0v) is 11.2.